The first-order valence-electron chi connectivity index (χ1n) is 6.63. The van der Waals surface area contributed by atoms with E-state index in [2.05, 4.69) is 19.2 Å². The predicted octanol–water partition coefficient (Wildman–Crippen LogP) is 2.93. The van der Waals surface area contributed by atoms with Gasteiger partial charge < -0.3 is 10.1 Å². The number of carbonyl (C=O) groups is 1. The van der Waals surface area contributed by atoms with Crippen molar-refractivity contribution in [3.63, 3.8) is 0 Å². The van der Waals surface area contributed by atoms with E-state index in [-0.39, 0.29) is 5.56 Å². The second kappa shape index (κ2) is 7.89. The number of hydrogen-bond acceptors (Lipinski definition) is 2. The Morgan fingerprint density at radius 2 is 2.11 bits per heavy atom. The van der Waals surface area contributed by atoms with Crippen LogP contribution in [-0.2, 0) is 4.74 Å². The van der Waals surface area contributed by atoms with Crippen LogP contribution >= 0.6 is 0 Å². The Labute approximate surface area is 114 Å². The molecule has 4 heteroatoms. The van der Waals surface area contributed by atoms with Gasteiger partial charge in [0.05, 0.1) is 12.2 Å². The van der Waals surface area contributed by atoms with Crippen LogP contribution in [-0.4, -0.2) is 25.7 Å². The minimum absolute atomic E-state index is 0.0854. The number of hydrogen-bond donors (Lipinski definition) is 1. The standard InChI is InChI=1S/C15H22FNO2/c1-11(2)7-9-19-10-8-17-15(18)13-6-4-5-12(3)14(13)16/h4-6,11H,7-10H2,1-3H3,(H,17,18). The molecular weight excluding hydrogens is 245 g/mol. The van der Waals surface area contributed by atoms with Crippen molar-refractivity contribution in [3.8, 4) is 0 Å². The molecule has 0 unspecified atom stereocenters. The van der Waals surface area contributed by atoms with Gasteiger partial charge in [0.25, 0.3) is 5.91 Å². The van der Waals surface area contributed by atoms with Crippen LogP contribution in [0.25, 0.3) is 0 Å². The zero-order valence-electron chi connectivity index (χ0n) is 11.8. The Hall–Kier alpha value is -1.42. The highest BCUT2D eigenvalue weighted by Crippen LogP contribution is 2.11. The zero-order valence-corrected chi connectivity index (χ0v) is 11.8. The van der Waals surface area contributed by atoms with Gasteiger partial charge in [0, 0.05) is 13.2 Å². The van der Waals surface area contributed by atoms with Gasteiger partial charge in [-0.1, -0.05) is 26.0 Å². The van der Waals surface area contributed by atoms with Crippen LogP contribution < -0.4 is 5.32 Å². The molecular formula is C15H22FNO2. The van der Waals surface area contributed by atoms with Crippen LogP contribution in [0.4, 0.5) is 4.39 Å². The molecule has 0 aliphatic heterocycles. The highest BCUT2D eigenvalue weighted by molar-refractivity contribution is 5.94. The molecule has 0 saturated heterocycles. The molecule has 19 heavy (non-hydrogen) atoms. The van der Waals surface area contributed by atoms with Crippen LogP contribution in [0.2, 0.25) is 0 Å². The molecule has 0 bridgehead atoms. The van der Waals surface area contributed by atoms with Crippen LogP contribution in [0.5, 0.6) is 0 Å². The number of halogens is 1. The van der Waals surface area contributed by atoms with Gasteiger partial charge in [-0.05, 0) is 30.9 Å². The molecule has 1 N–H and O–H groups in total. The summed E-state index contributed by atoms with van der Waals surface area (Å²) in [4.78, 5) is 11.8. The van der Waals surface area contributed by atoms with Gasteiger partial charge in [-0.2, -0.15) is 0 Å². The highest BCUT2D eigenvalue weighted by Gasteiger charge is 2.12. The third-order valence-corrected chi connectivity index (χ3v) is 2.81. The first-order valence-corrected chi connectivity index (χ1v) is 6.63. The van der Waals surface area contributed by atoms with Crippen molar-refractivity contribution in [2.45, 2.75) is 27.2 Å². The Balaban J connectivity index is 2.30. The normalized spacial score (nSPS) is 10.8. The molecule has 0 spiro atoms. The lowest BCUT2D eigenvalue weighted by Gasteiger charge is -2.09. The first-order chi connectivity index (χ1) is 9.02. The van der Waals surface area contributed by atoms with E-state index < -0.39 is 11.7 Å². The molecule has 1 aromatic carbocycles. The Kier molecular flexibility index (Phi) is 6.50. The van der Waals surface area contributed by atoms with E-state index >= 15 is 0 Å². The van der Waals surface area contributed by atoms with Gasteiger partial charge in [0.2, 0.25) is 0 Å². The summed E-state index contributed by atoms with van der Waals surface area (Å²) in [6, 6.07) is 4.80. The van der Waals surface area contributed by atoms with Crippen molar-refractivity contribution in [2.75, 3.05) is 19.8 Å². The first kappa shape index (κ1) is 15.6. The fourth-order valence-corrected chi connectivity index (χ4v) is 1.58. The molecule has 0 heterocycles. The average Bonchev–Trinajstić information content (AvgIpc) is 2.36. The third-order valence-electron chi connectivity index (χ3n) is 2.81. The largest absolute Gasteiger partial charge is 0.380 e. The monoisotopic (exact) mass is 267 g/mol. The summed E-state index contributed by atoms with van der Waals surface area (Å²) in [5, 5.41) is 2.65. The Morgan fingerprint density at radius 3 is 2.79 bits per heavy atom. The van der Waals surface area contributed by atoms with E-state index in [0.29, 0.717) is 31.2 Å². The summed E-state index contributed by atoms with van der Waals surface area (Å²) in [5.74, 6) is -0.245. The van der Waals surface area contributed by atoms with Crippen LogP contribution in [0, 0.1) is 18.7 Å². The summed E-state index contributed by atoms with van der Waals surface area (Å²) in [5.41, 5.74) is 0.558. The van der Waals surface area contributed by atoms with Crippen molar-refractivity contribution < 1.29 is 13.9 Å². The zero-order chi connectivity index (χ0) is 14.3. The van der Waals surface area contributed by atoms with Crippen molar-refractivity contribution in [2.24, 2.45) is 5.92 Å². The lowest BCUT2D eigenvalue weighted by atomic mass is 10.1. The van der Waals surface area contributed by atoms with Crippen molar-refractivity contribution in [1.29, 1.82) is 0 Å². The quantitative estimate of drug-likeness (QED) is 0.771. The lowest BCUT2D eigenvalue weighted by Crippen LogP contribution is -2.28. The molecule has 1 amide bonds. The van der Waals surface area contributed by atoms with Crippen LogP contribution in [0.3, 0.4) is 0 Å². The molecule has 1 rings (SSSR count). The van der Waals surface area contributed by atoms with Gasteiger partial charge in [0.1, 0.15) is 5.82 Å². The molecule has 106 valence electrons. The summed E-state index contributed by atoms with van der Waals surface area (Å²) in [7, 11) is 0. The summed E-state index contributed by atoms with van der Waals surface area (Å²) in [6.07, 6.45) is 1.00. The molecule has 1 aromatic rings. The molecule has 0 atom stereocenters. The van der Waals surface area contributed by atoms with Crippen molar-refractivity contribution in [1.82, 2.24) is 5.32 Å². The van der Waals surface area contributed by atoms with E-state index in [1.807, 2.05) is 0 Å². The second-order valence-electron chi connectivity index (χ2n) is 4.99. The predicted molar refractivity (Wildman–Crippen MR) is 73.7 cm³/mol. The number of benzene rings is 1. The number of aryl methyl sites for hydroxylation is 1. The fourth-order valence-electron chi connectivity index (χ4n) is 1.58. The van der Waals surface area contributed by atoms with Crippen molar-refractivity contribution >= 4 is 5.91 Å². The number of ether oxygens (including phenoxy) is 1. The molecule has 0 fully saturated rings. The molecule has 3 nitrogen and oxygen atoms in total. The van der Waals surface area contributed by atoms with E-state index in [0.717, 1.165) is 6.42 Å². The minimum atomic E-state index is -0.458. The second-order valence-corrected chi connectivity index (χ2v) is 4.99. The van der Waals surface area contributed by atoms with Gasteiger partial charge >= 0.3 is 0 Å². The number of amides is 1. The fraction of sp³-hybridized carbons (Fsp3) is 0.533. The van der Waals surface area contributed by atoms with Gasteiger partial charge in [-0.3, -0.25) is 4.79 Å². The third kappa shape index (κ3) is 5.39. The van der Waals surface area contributed by atoms with E-state index in [1.165, 1.54) is 6.07 Å². The molecule has 0 radical (unpaired) electrons. The number of nitrogens with one attached hydrogen (secondary N) is 1. The summed E-state index contributed by atoms with van der Waals surface area (Å²) >= 11 is 0. The molecule has 0 aliphatic rings. The van der Waals surface area contributed by atoms with Crippen LogP contribution in [0.1, 0.15) is 36.2 Å². The minimum Gasteiger partial charge on any atom is -0.380 e. The average molecular weight is 267 g/mol. The molecule has 0 aliphatic carbocycles. The van der Waals surface area contributed by atoms with Gasteiger partial charge in [0.15, 0.2) is 0 Å². The maximum atomic E-state index is 13.7. The molecule has 0 saturated carbocycles. The van der Waals surface area contributed by atoms with Crippen LogP contribution in [0.15, 0.2) is 18.2 Å². The van der Waals surface area contributed by atoms with E-state index in [1.54, 1.807) is 19.1 Å². The maximum absolute atomic E-state index is 13.7. The van der Waals surface area contributed by atoms with Gasteiger partial charge in [-0.15, -0.1) is 0 Å². The molecule has 0 aromatic heterocycles. The summed E-state index contributed by atoms with van der Waals surface area (Å²) in [6.45, 7) is 7.43. The van der Waals surface area contributed by atoms with Gasteiger partial charge in [-0.25, -0.2) is 4.39 Å². The highest BCUT2D eigenvalue weighted by atomic mass is 19.1. The Bertz CT molecular complexity index is 419. The number of carbonyl (C=O) groups excluding carboxylic acids is 1. The lowest BCUT2D eigenvalue weighted by molar-refractivity contribution is 0.0902. The maximum Gasteiger partial charge on any atom is 0.254 e. The Morgan fingerprint density at radius 1 is 1.37 bits per heavy atom. The summed E-state index contributed by atoms with van der Waals surface area (Å²) < 4.78 is 19.1. The van der Waals surface area contributed by atoms with E-state index in [4.69, 9.17) is 4.74 Å². The topological polar surface area (TPSA) is 38.3 Å². The number of rotatable bonds is 7. The van der Waals surface area contributed by atoms with Crippen molar-refractivity contribution in [3.05, 3.63) is 35.1 Å². The SMILES string of the molecule is Cc1cccc(C(=O)NCCOCCC(C)C)c1F. The van der Waals surface area contributed by atoms with E-state index in [9.17, 15) is 9.18 Å². The smallest absolute Gasteiger partial charge is 0.254 e.